The van der Waals surface area contributed by atoms with Gasteiger partial charge in [-0.3, -0.25) is 0 Å². The number of benzene rings is 1. The summed E-state index contributed by atoms with van der Waals surface area (Å²) in [5.74, 6) is 0.430. The van der Waals surface area contributed by atoms with Gasteiger partial charge in [0.25, 0.3) is 0 Å². The van der Waals surface area contributed by atoms with E-state index < -0.39 is 0 Å². The van der Waals surface area contributed by atoms with Crippen molar-refractivity contribution in [1.82, 2.24) is 10.2 Å². The van der Waals surface area contributed by atoms with Gasteiger partial charge >= 0.3 is 0 Å². The van der Waals surface area contributed by atoms with Gasteiger partial charge in [-0.15, -0.1) is 0 Å². The highest BCUT2D eigenvalue weighted by atomic mass is 15.1. The highest BCUT2D eigenvalue weighted by Gasteiger charge is 2.03. The van der Waals surface area contributed by atoms with Crippen molar-refractivity contribution in [3.63, 3.8) is 0 Å². The van der Waals surface area contributed by atoms with E-state index in [0.29, 0.717) is 5.92 Å². The number of aryl methyl sites for hydroxylation is 1. The SMILES string of the molecule is Cc1ccc(-c2ccc(C(C)C)nn2)cc1. The molecule has 0 unspecified atom stereocenters. The third-order valence-electron chi connectivity index (χ3n) is 2.62. The zero-order valence-electron chi connectivity index (χ0n) is 9.94. The smallest absolute Gasteiger partial charge is 0.0929 e. The highest BCUT2D eigenvalue weighted by molar-refractivity contribution is 5.58. The minimum absolute atomic E-state index is 0.430. The first-order chi connectivity index (χ1) is 7.66. The van der Waals surface area contributed by atoms with Crippen LogP contribution < -0.4 is 0 Å². The van der Waals surface area contributed by atoms with Gasteiger partial charge < -0.3 is 0 Å². The average molecular weight is 212 g/mol. The van der Waals surface area contributed by atoms with Gasteiger partial charge in [0.05, 0.1) is 11.4 Å². The van der Waals surface area contributed by atoms with E-state index in [4.69, 9.17) is 0 Å². The molecule has 2 heteroatoms. The van der Waals surface area contributed by atoms with E-state index in [0.717, 1.165) is 17.0 Å². The summed E-state index contributed by atoms with van der Waals surface area (Å²) in [5.41, 5.74) is 4.35. The fourth-order valence-corrected chi connectivity index (χ4v) is 1.53. The maximum atomic E-state index is 4.25. The molecular weight excluding hydrogens is 196 g/mol. The lowest BCUT2D eigenvalue weighted by molar-refractivity contribution is 0.787. The normalized spacial score (nSPS) is 10.8. The maximum Gasteiger partial charge on any atom is 0.0929 e. The van der Waals surface area contributed by atoms with Crippen LogP contribution in [0.3, 0.4) is 0 Å². The van der Waals surface area contributed by atoms with Crippen LogP contribution in [0.5, 0.6) is 0 Å². The van der Waals surface area contributed by atoms with Gasteiger partial charge in [-0.25, -0.2) is 0 Å². The van der Waals surface area contributed by atoms with E-state index in [1.54, 1.807) is 0 Å². The summed E-state index contributed by atoms with van der Waals surface area (Å²) in [5, 5.41) is 8.48. The summed E-state index contributed by atoms with van der Waals surface area (Å²) >= 11 is 0. The molecule has 0 amide bonds. The second-order valence-corrected chi connectivity index (χ2v) is 4.36. The third kappa shape index (κ3) is 2.27. The Balaban J connectivity index is 2.31. The van der Waals surface area contributed by atoms with E-state index in [2.05, 4.69) is 55.2 Å². The summed E-state index contributed by atoms with van der Waals surface area (Å²) in [4.78, 5) is 0. The minimum atomic E-state index is 0.430. The molecule has 0 radical (unpaired) electrons. The van der Waals surface area contributed by atoms with Gasteiger partial charge in [-0.05, 0) is 25.0 Å². The van der Waals surface area contributed by atoms with E-state index >= 15 is 0 Å². The zero-order chi connectivity index (χ0) is 11.5. The number of hydrogen-bond donors (Lipinski definition) is 0. The minimum Gasteiger partial charge on any atom is -0.155 e. The van der Waals surface area contributed by atoms with E-state index in [1.807, 2.05) is 12.1 Å². The quantitative estimate of drug-likeness (QED) is 0.760. The summed E-state index contributed by atoms with van der Waals surface area (Å²) in [6.07, 6.45) is 0. The fraction of sp³-hybridized carbons (Fsp3) is 0.286. The Bertz CT molecular complexity index is 455. The summed E-state index contributed by atoms with van der Waals surface area (Å²) < 4.78 is 0. The van der Waals surface area contributed by atoms with E-state index in [-0.39, 0.29) is 0 Å². The number of aromatic nitrogens is 2. The first kappa shape index (κ1) is 10.8. The number of hydrogen-bond acceptors (Lipinski definition) is 2. The van der Waals surface area contributed by atoms with Crippen molar-refractivity contribution >= 4 is 0 Å². The molecule has 0 aliphatic carbocycles. The average Bonchev–Trinajstić information content (AvgIpc) is 2.30. The molecule has 0 bridgehead atoms. The monoisotopic (exact) mass is 212 g/mol. The lowest BCUT2D eigenvalue weighted by atomic mass is 10.1. The molecule has 82 valence electrons. The molecule has 1 heterocycles. The maximum absolute atomic E-state index is 4.25. The van der Waals surface area contributed by atoms with Gasteiger partial charge in [0.1, 0.15) is 0 Å². The molecule has 0 atom stereocenters. The van der Waals surface area contributed by atoms with Crippen LogP contribution in [0.1, 0.15) is 31.0 Å². The van der Waals surface area contributed by atoms with Crippen molar-refractivity contribution in [2.24, 2.45) is 0 Å². The molecule has 0 N–H and O–H groups in total. The second-order valence-electron chi connectivity index (χ2n) is 4.36. The van der Waals surface area contributed by atoms with Crippen LogP contribution in [0.25, 0.3) is 11.3 Å². The van der Waals surface area contributed by atoms with Crippen molar-refractivity contribution in [1.29, 1.82) is 0 Å². The summed E-state index contributed by atoms with van der Waals surface area (Å²) in [7, 11) is 0. The van der Waals surface area contributed by atoms with Crippen LogP contribution in [-0.4, -0.2) is 10.2 Å². The van der Waals surface area contributed by atoms with Gasteiger partial charge in [-0.1, -0.05) is 43.7 Å². The second kappa shape index (κ2) is 4.44. The Morgan fingerprint density at radius 2 is 1.56 bits per heavy atom. The molecule has 1 aromatic carbocycles. The molecule has 0 spiro atoms. The third-order valence-corrected chi connectivity index (χ3v) is 2.62. The van der Waals surface area contributed by atoms with Crippen LogP contribution in [0, 0.1) is 6.92 Å². The molecule has 1 aromatic heterocycles. The van der Waals surface area contributed by atoms with Crippen LogP contribution in [0.2, 0.25) is 0 Å². The molecule has 0 fully saturated rings. The van der Waals surface area contributed by atoms with Gasteiger partial charge in [0.15, 0.2) is 0 Å². The van der Waals surface area contributed by atoms with Gasteiger partial charge in [-0.2, -0.15) is 10.2 Å². The molecule has 16 heavy (non-hydrogen) atoms. The Hall–Kier alpha value is -1.70. The van der Waals surface area contributed by atoms with Crippen molar-refractivity contribution in [3.05, 3.63) is 47.7 Å². The molecule has 2 rings (SSSR count). The van der Waals surface area contributed by atoms with Crippen molar-refractivity contribution in [2.75, 3.05) is 0 Å². The first-order valence-corrected chi connectivity index (χ1v) is 5.57. The molecular formula is C14H16N2. The zero-order valence-corrected chi connectivity index (χ0v) is 9.94. The largest absolute Gasteiger partial charge is 0.155 e. The number of rotatable bonds is 2. The predicted molar refractivity (Wildman–Crippen MR) is 66.3 cm³/mol. The lowest BCUT2D eigenvalue weighted by Gasteiger charge is -2.04. The molecule has 0 aliphatic heterocycles. The molecule has 0 saturated heterocycles. The van der Waals surface area contributed by atoms with Crippen LogP contribution in [0.4, 0.5) is 0 Å². The number of nitrogens with zero attached hydrogens (tertiary/aromatic N) is 2. The Morgan fingerprint density at radius 1 is 0.875 bits per heavy atom. The fourth-order valence-electron chi connectivity index (χ4n) is 1.53. The van der Waals surface area contributed by atoms with Gasteiger partial charge in [0, 0.05) is 5.56 Å². The van der Waals surface area contributed by atoms with Crippen molar-refractivity contribution in [2.45, 2.75) is 26.7 Å². The Morgan fingerprint density at radius 3 is 2.06 bits per heavy atom. The molecule has 2 aromatic rings. The Labute approximate surface area is 96.4 Å². The lowest BCUT2D eigenvalue weighted by Crippen LogP contribution is -1.96. The van der Waals surface area contributed by atoms with E-state index in [1.165, 1.54) is 5.56 Å². The molecule has 2 nitrogen and oxygen atoms in total. The van der Waals surface area contributed by atoms with Crippen LogP contribution in [-0.2, 0) is 0 Å². The van der Waals surface area contributed by atoms with E-state index in [9.17, 15) is 0 Å². The molecule has 0 aliphatic rings. The summed E-state index contributed by atoms with van der Waals surface area (Å²) in [6.45, 7) is 6.32. The van der Waals surface area contributed by atoms with Crippen LogP contribution >= 0.6 is 0 Å². The van der Waals surface area contributed by atoms with Gasteiger partial charge in [0.2, 0.25) is 0 Å². The van der Waals surface area contributed by atoms with Crippen molar-refractivity contribution < 1.29 is 0 Å². The first-order valence-electron chi connectivity index (χ1n) is 5.57. The van der Waals surface area contributed by atoms with Crippen LogP contribution in [0.15, 0.2) is 36.4 Å². The Kier molecular flexibility index (Phi) is 3.00. The standard InChI is InChI=1S/C14H16N2/c1-10(2)13-8-9-14(16-15-13)12-6-4-11(3)5-7-12/h4-10H,1-3H3. The predicted octanol–water partition coefficient (Wildman–Crippen LogP) is 3.58. The van der Waals surface area contributed by atoms with Crippen molar-refractivity contribution in [3.8, 4) is 11.3 Å². The highest BCUT2D eigenvalue weighted by Crippen LogP contribution is 2.18. The molecule has 0 saturated carbocycles. The summed E-state index contributed by atoms with van der Waals surface area (Å²) in [6, 6.07) is 12.4. The topological polar surface area (TPSA) is 25.8 Å².